The third-order valence-electron chi connectivity index (χ3n) is 4.28. The molecular weight excluding hydrogens is 344 g/mol. The first-order chi connectivity index (χ1) is 13.0. The molecule has 1 unspecified atom stereocenters. The molecule has 0 saturated heterocycles. The molecule has 27 heavy (non-hydrogen) atoms. The van der Waals surface area contributed by atoms with Crippen LogP contribution in [0, 0.1) is 13.8 Å². The minimum atomic E-state index is -0.0148. The Morgan fingerprint density at radius 2 is 2.07 bits per heavy atom. The van der Waals surface area contributed by atoms with Gasteiger partial charge in [0.05, 0.1) is 24.2 Å². The van der Waals surface area contributed by atoms with Crippen LogP contribution in [-0.4, -0.2) is 26.9 Å². The SMILES string of the molecule is Cc1noc(C)c1COc1ccc(CC(=O)NC(C)Cn2cccn2)cc1. The number of nitrogens with one attached hydrogen (secondary N) is 1. The van der Waals surface area contributed by atoms with Gasteiger partial charge in [0.25, 0.3) is 0 Å². The van der Waals surface area contributed by atoms with Crippen LogP contribution >= 0.6 is 0 Å². The summed E-state index contributed by atoms with van der Waals surface area (Å²) in [5.41, 5.74) is 2.73. The molecule has 3 rings (SSSR count). The molecule has 0 spiro atoms. The van der Waals surface area contributed by atoms with Crippen molar-refractivity contribution in [1.82, 2.24) is 20.3 Å². The summed E-state index contributed by atoms with van der Waals surface area (Å²) in [6, 6.07) is 9.42. The number of aryl methyl sites for hydroxylation is 2. The number of carbonyl (C=O) groups is 1. The standard InChI is InChI=1S/C20H24N4O3/c1-14(12-24-10-4-9-21-24)22-20(25)11-17-5-7-18(8-6-17)26-13-19-15(2)23-27-16(19)3/h4-10,14H,11-13H2,1-3H3,(H,22,25). The second-order valence-corrected chi connectivity index (χ2v) is 6.61. The minimum absolute atomic E-state index is 0.00931. The lowest BCUT2D eigenvalue weighted by atomic mass is 10.1. The molecule has 3 aromatic rings. The zero-order valence-corrected chi connectivity index (χ0v) is 15.8. The third-order valence-corrected chi connectivity index (χ3v) is 4.28. The van der Waals surface area contributed by atoms with Gasteiger partial charge in [0.1, 0.15) is 18.1 Å². The highest BCUT2D eigenvalue weighted by molar-refractivity contribution is 5.78. The van der Waals surface area contributed by atoms with Crippen LogP contribution in [0.25, 0.3) is 0 Å². The number of aromatic nitrogens is 3. The van der Waals surface area contributed by atoms with E-state index < -0.39 is 0 Å². The lowest BCUT2D eigenvalue weighted by molar-refractivity contribution is -0.121. The predicted octanol–water partition coefficient (Wildman–Crippen LogP) is 2.81. The van der Waals surface area contributed by atoms with E-state index in [0.29, 0.717) is 19.6 Å². The Kier molecular flexibility index (Phi) is 5.90. The van der Waals surface area contributed by atoms with Gasteiger partial charge in [-0.25, -0.2) is 0 Å². The van der Waals surface area contributed by atoms with Crippen LogP contribution in [0.3, 0.4) is 0 Å². The lowest BCUT2D eigenvalue weighted by Crippen LogP contribution is -2.36. The Morgan fingerprint density at radius 1 is 1.30 bits per heavy atom. The van der Waals surface area contributed by atoms with Gasteiger partial charge in [-0.05, 0) is 44.5 Å². The van der Waals surface area contributed by atoms with Crippen molar-refractivity contribution < 1.29 is 14.1 Å². The molecule has 7 heteroatoms. The summed E-state index contributed by atoms with van der Waals surface area (Å²) >= 11 is 0. The van der Waals surface area contributed by atoms with Crippen LogP contribution in [0.1, 0.15) is 29.5 Å². The monoisotopic (exact) mass is 368 g/mol. The van der Waals surface area contributed by atoms with Gasteiger partial charge in [-0.15, -0.1) is 0 Å². The minimum Gasteiger partial charge on any atom is -0.489 e. The van der Waals surface area contributed by atoms with Gasteiger partial charge in [-0.1, -0.05) is 17.3 Å². The van der Waals surface area contributed by atoms with Crippen molar-refractivity contribution in [2.75, 3.05) is 0 Å². The average molecular weight is 368 g/mol. The number of carbonyl (C=O) groups excluding carboxylic acids is 1. The first-order valence-electron chi connectivity index (χ1n) is 8.91. The van der Waals surface area contributed by atoms with Gasteiger partial charge in [0, 0.05) is 18.4 Å². The Balaban J connectivity index is 1.47. The van der Waals surface area contributed by atoms with Crippen molar-refractivity contribution in [2.24, 2.45) is 0 Å². The van der Waals surface area contributed by atoms with Crippen LogP contribution in [0.5, 0.6) is 5.75 Å². The molecule has 0 aliphatic carbocycles. The van der Waals surface area contributed by atoms with Crippen molar-refractivity contribution in [3.63, 3.8) is 0 Å². The summed E-state index contributed by atoms with van der Waals surface area (Å²) < 4.78 is 12.7. The largest absolute Gasteiger partial charge is 0.489 e. The fourth-order valence-corrected chi connectivity index (χ4v) is 2.81. The van der Waals surface area contributed by atoms with Crippen LogP contribution in [0.4, 0.5) is 0 Å². The van der Waals surface area contributed by atoms with Crippen molar-refractivity contribution in [3.05, 3.63) is 65.3 Å². The molecule has 0 aliphatic rings. The second kappa shape index (κ2) is 8.53. The fraction of sp³-hybridized carbons (Fsp3) is 0.350. The zero-order chi connectivity index (χ0) is 19.2. The topological polar surface area (TPSA) is 82.2 Å². The molecule has 142 valence electrons. The van der Waals surface area contributed by atoms with Gasteiger partial charge in [-0.3, -0.25) is 9.48 Å². The zero-order valence-electron chi connectivity index (χ0n) is 15.8. The van der Waals surface area contributed by atoms with Gasteiger partial charge in [0.2, 0.25) is 5.91 Å². The van der Waals surface area contributed by atoms with Crippen LogP contribution in [0.15, 0.2) is 47.2 Å². The maximum Gasteiger partial charge on any atom is 0.224 e. The number of amides is 1. The average Bonchev–Trinajstić information content (AvgIpc) is 3.24. The second-order valence-electron chi connectivity index (χ2n) is 6.61. The van der Waals surface area contributed by atoms with E-state index in [4.69, 9.17) is 9.26 Å². The van der Waals surface area contributed by atoms with Gasteiger partial charge in [-0.2, -0.15) is 5.10 Å². The van der Waals surface area contributed by atoms with Crippen molar-refractivity contribution in [1.29, 1.82) is 0 Å². The molecule has 1 N–H and O–H groups in total. The molecule has 1 aromatic carbocycles. The summed E-state index contributed by atoms with van der Waals surface area (Å²) in [5.74, 6) is 1.50. The lowest BCUT2D eigenvalue weighted by Gasteiger charge is -2.14. The van der Waals surface area contributed by atoms with E-state index in [-0.39, 0.29) is 11.9 Å². The molecular formula is C20H24N4O3. The molecule has 0 aliphatic heterocycles. The Morgan fingerprint density at radius 3 is 2.70 bits per heavy atom. The highest BCUT2D eigenvalue weighted by Gasteiger charge is 2.11. The first kappa shape index (κ1) is 18.7. The van der Waals surface area contributed by atoms with Crippen molar-refractivity contribution >= 4 is 5.91 Å². The number of ether oxygens (including phenoxy) is 1. The van der Waals surface area contributed by atoms with Crippen molar-refractivity contribution in [3.8, 4) is 5.75 Å². The normalized spacial score (nSPS) is 12.0. The van der Waals surface area contributed by atoms with E-state index in [0.717, 1.165) is 28.3 Å². The van der Waals surface area contributed by atoms with Gasteiger partial charge >= 0.3 is 0 Å². The van der Waals surface area contributed by atoms with E-state index in [1.54, 1.807) is 10.9 Å². The molecule has 1 atom stereocenters. The first-order valence-corrected chi connectivity index (χ1v) is 8.91. The molecule has 2 heterocycles. The van der Waals surface area contributed by atoms with E-state index in [1.807, 2.05) is 57.3 Å². The Bertz CT molecular complexity index is 850. The van der Waals surface area contributed by atoms with E-state index in [2.05, 4.69) is 15.6 Å². The summed E-state index contributed by atoms with van der Waals surface area (Å²) in [7, 11) is 0. The summed E-state index contributed by atoms with van der Waals surface area (Å²) in [6.45, 7) is 6.78. The van der Waals surface area contributed by atoms with Crippen molar-refractivity contribution in [2.45, 2.75) is 46.4 Å². The maximum absolute atomic E-state index is 12.2. The highest BCUT2D eigenvalue weighted by Crippen LogP contribution is 2.18. The Labute approximate surface area is 158 Å². The predicted molar refractivity (Wildman–Crippen MR) is 100 cm³/mol. The molecule has 2 aromatic heterocycles. The summed E-state index contributed by atoms with van der Waals surface area (Å²) in [5, 5.41) is 11.1. The van der Waals surface area contributed by atoms with E-state index in [9.17, 15) is 4.79 Å². The number of hydrogen-bond donors (Lipinski definition) is 1. The summed E-state index contributed by atoms with van der Waals surface area (Å²) in [4.78, 5) is 12.2. The molecule has 7 nitrogen and oxygen atoms in total. The van der Waals surface area contributed by atoms with Gasteiger partial charge in [0.15, 0.2) is 0 Å². The highest BCUT2D eigenvalue weighted by atomic mass is 16.5. The van der Waals surface area contributed by atoms with Crippen LogP contribution in [0.2, 0.25) is 0 Å². The molecule has 0 saturated carbocycles. The van der Waals surface area contributed by atoms with Crippen LogP contribution in [-0.2, 0) is 24.4 Å². The molecule has 0 fully saturated rings. The Hall–Kier alpha value is -3.09. The molecule has 0 bridgehead atoms. The fourth-order valence-electron chi connectivity index (χ4n) is 2.81. The number of nitrogens with zero attached hydrogens (tertiary/aromatic N) is 3. The molecule has 1 amide bonds. The van der Waals surface area contributed by atoms with Gasteiger partial charge < -0.3 is 14.6 Å². The maximum atomic E-state index is 12.2. The number of benzene rings is 1. The van der Waals surface area contributed by atoms with E-state index in [1.165, 1.54) is 0 Å². The van der Waals surface area contributed by atoms with Crippen LogP contribution < -0.4 is 10.1 Å². The number of rotatable bonds is 8. The van der Waals surface area contributed by atoms with E-state index >= 15 is 0 Å². The smallest absolute Gasteiger partial charge is 0.224 e. The summed E-state index contributed by atoms with van der Waals surface area (Å²) in [6.07, 6.45) is 3.93. The molecule has 0 radical (unpaired) electrons. The quantitative estimate of drug-likeness (QED) is 0.661. The third kappa shape index (κ3) is 5.20. The number of hydrogen-bond acceptors (Lipinski definition) is 5.